The number of benzene rings is 1. The Bertz CT molecular complexity index is 553. The maximum atomic E-state index is 8.71. The van der Waals surface area contributed by atoms with Crippen LogP contribution in [0.5, 0.6) is 11.6 Å². The van der Waals surface area contributed by atoms with E-state index in [-0.39, 0.29) is 11.2 Å². The van der Waals surface area contributed by atoms with Crippen LogP contribution in [-0.4, -0.2) is 15.2 Å². The van der Waals surface area contributed by atoms with Crippen molar-refractivity contribution < 1.29 is 4.74 Å². The van der Waals surface area contributed by atoms with Crippen molar-refractivity contribution in [1.29, 1.82) is 5.26 Å². The lowest BCUT2D eigenvalue weighted by molar-refractivity contribution is 0.457. The molecule has 0 fully saturated rings. The van der Waals surface area contributed by atoms with E-state index in [4.69, 9.17) is 21.6 Å². The fourth-order valence-corrected chi connectivity index (χ4v) is 1.19. The van der Waals surface area contributed by atoms with Crippen molar-refractivity contribution in [2.75, 3.05) is 0 Å². The Kier molecular flexibility index (Phi) is 2.94. The first-order chi connectivity index (χ1) is 7.78. The molecule has 1 heterocycles. The molecule has 6 heteroatoms. The van der Waals surface area contributed by atoms with E-state index in [1.807, 2.05) is 6.07 Å². The number of hydrogen-bond acceptors (Lipinski definition) is 5. The number of hydrogen-bond donors (Lipinski definition) is 0. The lowest BCUT2D eigenvalue weighted by atomic mass is 10.2. The fourth-order valence-electron chi connectivity index (χ4n) is 1.07. The van der Waals surface area contributed by atoms with E-state index in [1.54, 1.807) is 24.3 Å². The van der Waals surface area contributed by atoms with Gasteiger partial charge in [-0.1, -0.05) is 6.07 Å². The first-order valence-corrected chi connectivity index (χ1v) is 4.69. The quantitative estimate of drug-likeness (QED) is 0.794. The summed E-state index contributed by atoms with van der Waals surface area (Å²) in [4.78, 5) is 3.81. The number of halogens is 1. The lowest BCUT2D eigenvalue weighted by Crippen LogP contribution is -1.92. The van der Waals surface area contributed by atoms with Gasteiger partial charge in [0.25, 0.3) is 0 Å². The van der Waals surface area contributed by atoms with Crippen LogP contribution in [0.15, 0.2) is 30.5 Å². The molecule has 78 valence electrons. The second-order valence-corrected chi connectivity index (χ2v) is 3.14. The van der Waals surface area contributed by atoms with Crippen LogP contribution in [-0.2, 0) is 0 Å². The average Bonchev–Trinajstić information content (AvgIpc) is 2.29. The number of rotatable bonds is 2. The van der Waals surface area contributed by atoms with Gasteiger partial charge in [-0.05, 0) is 29.8 Å². The molecule has 0 spiro atoms. The first-order valence-electron chi connectivity index (χ1n) is 4.31. The van der Waals surface area contributed by atoms with Crippen LogP contribution in [0.4, 0.5) is 0 Å². The van der Waals surface area contributed by atoms with Crippen molar-refractivity contribution in [2.24, 2.45) is 0 Å². The molecule has 2 aromatic rings. The van der Waals surface area contributed by atoms with Crippen LogP contribution in [0.25, 0.3) is 0 Å². The molecule has 2 rings (SSSR count). The van der Waals surface area contributed by atoms with Crippen LogP contribution < -0.4 is 4.74 Å². The number of aromatic nitrogens is 3. The van der Waals surface area contributed by atoms with E-state index in [1.165, 1.54) is 6.20 Å². The maximum Gasteiger partial charge on any atom is 0.246 e. The molecule has 0 aliphatic carbocycles. The monoisotopic (exact) mass is 232 g/mol. The Hall–Kier alpha value is -2.19. The van der Waals surface area contributed by atoms with Gasteiger partial charge in [-0.15, -0.1) is 5.10 Å². The molecular weight excluding hydrogens is 228 g/mol. The van der Waals surface area contributed by atoms with Crippen LogP contribution in [0.1, 0.15) is 5.56 Å². The molecule has 16 heavy (non-hydrogen) atoms. The summed E-state index contributed by atoms with van der Waals surface area (Å²) in [6.07, 6.45) is 1.34. The summed E-state index contributed by atoms with van der Waals surface area (Å²) in [5, 5.41) is 15.8. The summed E-state index contributed by atoms with van der Waals surface area (Å²) >= 11 is 5.55. The van der Waals surface area contributed by atoms with Crippen molar-refractivity contribution in [1.82, 2.24) is 15.2 Å². The van der Waals surface area contributed by atoms with E-state index >= 15 is 0 Å². The van der Waals surface area contributed by atoms with E-state index in [2.05, 4.69) is 15.2 Å². The topological polar surface area (TPSA) is 71.7 Å². The molecule has 0 aliphatic rings. The smallest absolute Gasteiger partial charge is 0.246 e. The Morgan fingerprint density at radius 3 is 3.00 bits per heavy atom. The summed E-state index contributed by atoms with van der Waals surface area (Å²) in [5.41, 5.74) is 0.505. The molecule has 0 saturated heterocycles. The number of nitriles is 1. The molecule has 5 nitrogen and oxygen atoms in total. The second-order valence-electron chi connectivity index (χ2n) is 2.81. The Morgan fingerprint density at radius 1 is 1.38 bits per heavy atom. The van der Waals surface area contributed by atoms with Crippen LogP contribution in [0.3, 0.4) is 0 Å². The van der Waals surface area contributed by atoms with Crippen LogP contribution in [0.2, 0.25) is 5.28 Å². The second kappa shape index (κ2) is 4.55. The Balaban J connectivity index is 2.24. The SMILES string of the molecule is N#Cc1cccc(Oc2cnnc(Cl)n2)c1. The van der Waals surface area contributed by atoms with Crippen molar-refractivity contribution in [3.05, 3.63) is 41.3 Å². The number of nitrogens with zero attached hydrogens (tertiary/aromatic N) is 4. The van der Waals surface area contributed by atoms with E-state index in [0.717, 1.165) is 0 Å². The summed E-state index contributed by atoms with van der Waals surface area (Å²) in [5.74, 6) is 0.728. The van der Waals surface area contributed by atoms with Gasteiger partial charge in [0, 0.05) is 0 Å². The van der Waals surface area contributed by atoms with Gasteiger partial charge in [-0.3, -0.25) is 0 Å². The van der Waals surface area contributed by atoms with Gasteiger partial charge in [0.05, 0.1) is 11.6 Å². The maximum absolute atomic E-state index is 8.71. The van der Waals surface area contributed by atoms with Gasteiger partial charge in [-0.2, -0.15) is 15.3 Å². The number of ether oxygens (including phenoxy) is 1. The standard InChI is InChI=1S/C10H5ClN4O/c11-10-14-9(6-13-15-10)16-8-3-1-2-7(4-8)5-12/h1-4,6H. The largest absolute Gasteiger partial charge is 0.437 e. The molecule has 0 N–H and O–H groups in total. The molecule has 0 unspecified atom stereocenters. The van der Waals surface area contributed by atoms with Gasteiger partial charge in [0.2, 0.25) is 11.2 Å². The molecular formula is C10H5ClN4O. The van der Waals surface area contributed by atoms with Crippen molar-refractivity contribution in [3.63, 3.8) is 0 Å². The summed E-state index contributed by atoms with van der Waals surface area (Å²) in [7, 11) is 0. The van der Waals surface area contributed by atoms with Crippen molar-refractivity contribution >= 4 is 11.6 Å². The first kappa shape index (κ1) is 10.3. The molecule has 0 aliphatic heterocycles. The molecule has 1 aromatic heterocycles. The zero-order valence-corrected chi connectivity index (χ0v) is 8.72. The van der Waals surface area contributed by atoms with Gasteiger partial charge < -0.3 is 4.74 Å². The third-order valence-electron chi connectivity index (χ3n) is 1.70. The zero-order chi connectivity index (χ0) is 11.4. The highest BCUT2D eigenvalue weighted by Gasteiger charge is 2.01. The molecule has 0 saturated carbocycles. The third-order valence-corrected chi connectivity index (χ3v) is 1.86. The highest BCUT2D eigenvalue weighted by atomic mass is 35.5. The lowest BCUT2D eigenvalue weighted by Gasteiger charge is -2.03. The summed E-state index contributed by atoms with van der Waals surface area (Å²) in [6, 6.07) is 8.70. The highest BCUT2D eigenvalue weighted by Crippen LogP contribution is 2.19. The average molecular weight is 233 g/mol. The van der Waals surface area contributed by atoms with Gasteiger partial charge in [-0.25, -0.2) is 0 Å². The minimum atomic E-state index is 0.00828. The molecule has 0 radical (unpaired) electrons. The normalized spacial score (nSPS) is 9.50. The van der Waals surface area contributed by atoms with Gasteiger partial charge in [0.1, 0.15) is 11.9 Å². The van der Waals surface area contributed by atoms with Crippen LogP contribution in [0, 0.1) is 11.3 Å². The van der Waals surface area contributed by atoms with Crippen molar-refractivity contribution in [3.8, 4) is 17.7 Å². The summed E-state index contributed by atoms with van der Waals surface area (Å²) < 4.78 is 5.35. The highest BCUT2D eigenvalue weighted by molar-refractivity contribution is 6.28. The molecule has 0 bridgehead atoms. The minimum Gasteiger partial charge on any atom is -0.437 e. The van der Waals surface area contributed by atoms with Gasteiger partial charge >= 0.3 is 0 Å². The van der Waals surface area contributed by atoms with Gasteiger partial charge in [0.15, 0.2) is 0 Å². The minimum absolute atomic E-state index is 0.00828. The molecule has 0 amide bonds. The molecule has 0 atom stereocenters. The summed E-state index contributed by atoms with van der Waals surface area (Å²) in [6.45, 7) is 0. The van der Waals surface area contributed by atoms with Crippen LogP contribution >= 0.6 is 11.6 Å². The van der Waals surface area contributed by atoms with E-state index < -0.39 is 0 Å². The van der Waals surface area contributed by atoms with E-state index in [9.17, 15) is 0 Å². The van der Waals surface area contributed by atoms with E-state index in [0.29, 0.717) is 11.3 Å². The Labute approximate surface area is 96.3 Å². The zero-order valence-electron chi connectivity index (χ0n) is 7.96. The van der Waals surface area contributed by atoms with Crippen molar-refractivity contribution in [2.45, 2.75) is 0 Å². The Morgan fingerprint density at radius 2 is 2.25 bits per heavy atom. The fraction of sp³-hybridized carbons (Fsp3) is 0. The predicted octanol–water partition coefficient (Wildman–Crippen LogP) is 2.19. The predicted molar refractivity (Wildman–Crippen MR) is 56.1 cm³/mol. The molecule has 1 aromatic carbocycles. The third kappa shape index (κ3) is 2.43.